The van der Waals surface area contributed by atoms with Crippen molar-refractivity contribution in [3.63, 3.8) is 0 Å². The number of hydrogen-bond acceptors (Lipinski definition) is 9. The summed E-state index contributed by atoms with van der Waals surface area (Å²) in [6.45, 7) is 3.80. The number of aromatic amines is 1. The van der Waals surface area contributed by atoms with Crippen LogP contribution in [0.25, 0.3) is 10.8 Å². The molecule has 1 aromatic heterocycles. The third-order valence-electron chi connectivity index (χ3n) is 15.7. The number of nitrogens with one attached hydrogen (secondary N) is 2. The fourth-order valence-electron chi connectivity index (χ4n) is 11.5. The smallest absolute Gasteiger partial charge is 0.315 e. The van der Waals surface area contributed by atoms with Gasteiger partial charge in [-0.3, -0.25) is 33.7 Å². The molecule has 73 heavy (non-hydrogen) atoms. The van der Waals surface area contributed by atoms with Crippen molar-refractivity contribution in [3.05, 3.63) is 111 Å². The SMILES string of the molecule is O=C(N[C@@H](C(=O)N1CCC(OC2CCN(CC(=O)N3CCN(C(=O)c4cc(Cc5n[nH]c(=O)c6ccccc56)ccc4F)CC3)CC2)CC1)C1CCCCC1)c1cccc(C2CCCN(C(=O)C(F)F)C2)c1F. The number of ether oxygens (including phenoxy) is 1. The number of likely N-dealkylation sites (tertiary alicyclic amines) is 3. The van der Waals surface area contributed by atoms with Gasteiger partial charge in [-0.15, -0.1) is 0 Å². The summed E-state index contributed by atoms with van der Waals surface area (Å²) in [7, 11) is 0. The number of H-pyrrole nitrogens is 1. The molecule has 5 fully saturated rings. The van der Waals surface area contributed by atoms with E-state index in [-0.39, 0.29) is 91.3 Å². The van der Waals surface area contributed by atoms with Gasteiger partial charge in [0.25, 0.3) is 23.3 Å². The van der Waals surface area contributed by atoms with Crippen LogP contribution in [-0.2, 0) is 25.5 Å². The Labute approximate surface area is 421 Å². The lowest BCUT2D eigenvalue weighted by Crippen LogP contribution is -2.55. The highest BCUT2D eigenvalue weighted by atomic mass is 19.3. The first-order valence-electron chi connectivity index (χ1n) is 26.0. The summed E-state index contributed by atoms with van der Waals surface area (Å²) in [4.78, 5) is 87.7. The first kappa shape index (κ1) is 51.7. The van der Waals surface area contributed by atoms with Crippen LogP contribution in [0.1, 0.15) is 114 Å². The maximum atomic E-state index is 16.1. The number of halogens is 4. The monoisotopic (exact) mass is 1010 g/mol. The van der Waals surface area contributed by atoms with Crippen molar-refractivity contribution in [1.29, 1.82) is 0 Å². The minimum absolute atomic E-state index is 0.000744. The van der Waals surface area contributed by atoms with E-state index in [9.17, 15) is 37.5 Å². The molecule has 5 heterocycles. The molecule has 9 rings (SSSR count). The number of piperazine rings is 1. The predicted octanol–water partition coefficient (Wildman–Crippen LogP) is 5.90. The maximum absolute atomic E-state index is 16.1. The zero-order valence-electron chi connectivity index (χ0n) is 41.1. The largest absolute Gasteiger partial charge is 0.375 e. The van der Waals surface area contributed by atoms with Gasteiger partial charge >= 0.3 is 6.43 Å². The van der Waals surface area contributed by atoms with Crippen LogP contribution in [0.2, 0.25) is 0 Å². The second-order valence-electron chi connectivity index (χ2n) is 20.3. The van der Waals surface area contributed by atoms with Gasteiger partial charge in [0.05, 0.1) is 41.0 Å². The Kier molecular flexibility index (Phi) is 16.5. The lowest BCUT2D eigenvalue weighted by Gasteiger charge is -2.40. The second-order valence-corrected chi connectivity index (χ2v) is 20.3. The number of piperidine rings is 3. The highest BCUT2D eigenvalue weighted by molar-refractivity contribution is 5.98. The van der Waals surface area contributed by atoms with Crippen LogP contribution >= 0.6 is 0 Å². The zero-order valence-corrected chi connectivity index (χ0v) is 41.1. The molecule has 2 atom stereocenters. The van der Waals surface area contributed by atoms with Crippen molar-refractivity contribution >= 4 is 40.3 Å². The number of rotatable bonds is 13. The highest BCUT2D eigenvalue weighted by Gasteiger charge is 2.38. The first-order valence-corrected chi connectivity index (χ1v) is 26.0. The Morgan fingerprint density at radius 2 is 1.37 bits per heavy atom. The number of carbonyl (C=O) groups excluding carboxylic acids is 5. The van der Waals surface area contributed by atoms with Crippen molar-refractivity contribution in [2.45, 2.75) is 108 Å². The second kappa shape index (κ2) is 23.3. The van der Waals surface area contributed by atoms with E-state index in [1.807, 2.05) is 6.07 Å². The van der Waals surface area contributed by atoms with Gasteiger partial charge in [-0.25, -0.2) is 13.9 Å². The molecule has 4 aliphatic heterocycles. The molecular weight excluding hydrogens is 949 g/mol. The fraction of sp³-hybridized carbons (Fsp3) is 0.537. The maximum Gasteiger partial charge on any atom is 0.315 e. The summed E-state index contributed by atoms with van der Waals surface area (Å²) in [5.41, 5.74) is 0.891. The molecule has 5 aliphatic rings. The van der Waals surface area contributed by atoms with Gasteiger partial charge in [0.1, 0.15) is 17.7 Å². The van der Waals surface area contributed by atoms with Crippen LogP contribution < -0.4 is 10.9 Å². The van der Waals surface area contributed by atoms with E-state index < -0.39 is 47.7 Å². The Morgan fingerprint density at radius 1 is 0.685 bits per heavy atom. The standard InChI is InChI=1S/C54H64F4N8O7/c55-44-16-15-34(31-45-40-11-4-5-12-41(40)51(69)61-60-45)30-43(44)52(70)65-28-26-63(27-29-65)46(67)33-62-22-17-37(18-23-62)73-38-19-24-64(25-20-38)53(71)48(35-8-2-1-3-9-35)59-50(68)42-14-6-13-39(47(42)56)36-10-7-21-66(32-36)54(72)49(57)58/h4-6,11-16,30,35-38,48-49H,1-3,7-10,17-29,31-33H2,(H,59,68)(H,61,69)/t36?,48-/m1/s1. The van der Waals surface area contributed by atoms with E-state index in [4.69, 9.17) is 4.74 Å². The number of carbonyl (C=O) groups is 5. The average Bonchev–Trinajstić information content (AvgIpc) is 3.42. The van der Waals surface area contributed by atoms with E-state index >= 15 is 8.78 Å². The summed E-state index contributed by atoms with van der Waals surface area (Å²) >= 11 is 0. The fourth-order valence-corrected chi connectivity index (χ4v) is 11.5. The van der Waals surface area contributed by atoms with E-state index in [0.29, 0.717) is 87.0 Å². The molecule has 1 aliphatic carbocycles. The highest BCUT2D eigenvalue weighted by Crippen LogP contribution is 2.33. The summed E-state index contributed by atoms with van der Waals surface area (Å²) in [5, 5.41) is 10.8. The molecule has 390 valence electrons. The molecule has 4 aromatic rings. The van der Waals surface area contributed by atoms with Crippen LogP contribution in [0.5, 0.6) is 0 Å². The molecule has 0 radical (unpaired) electrons. The van der Waals surface area contributed by atoms with Gasteiger partial charge in [-0.05, 0) is 92.7 Å². The number of benzene rings is 3. The summed E-state index contributed by atoms with van der Waals surface area (Å²) < 4.78 is 64.2. The zero-order chi connectivity index (χ0) is 51.2. The van der Waals surface area contributed by atoms with E-state index in [0.717, 1.165) is 49.8 Å². The third-order valence-corrected chi connectivity index (χ3v) is 15.7. The molecular formula is C54H64F4N8O7. The topological polar surface area (TPSA) is 169 Å². The van der Waals surface area contributed by atoms with E-state index in [2.05, 4.69) is 20.4 Å². The van der Waals surface area contributed by atoms with Crippen LogP contribution in [0.15, 0.2) is 65.5 Å². The summed E-state index contributed by atoms with van der Waals surface area (Å²) in [6, 6.07) is 15.1. The van der Waals surface area contributed by atoms with E-state index in [1.165, 1.54) is 24.3 Å². The van der Waals surface area contributed by atoms with Crippen molar-refractivity contribution < 1.29 is 46.3 Å². The van der Waals surface area contributed by atoms with Gasteiger partial charge < -0.3 is 29.7 Å². The number of alkyl halides is 2. The van der Waals surface area contributed by atoms with Crippen LogP contribution in [-0.4, -0.2) is 161 Å². The molecule has 3 aromatic carbocycles. The van der Waals surface area contributed by atoms with Crippen molar-refractivity contribution in [1.82, 2.24) is 40.0 Å². The van der Waals surface area contributed by atoms with Gasteiger partial charge in [0.2, 0.25) is 11.8 Å². The Morgan fingerprint density at radius 3 is 2.08 bits per heavy atom. The van der Waals surface area contributed by atoms with Crippen molar-refractivity contribution in [2.24, 2.45) is 5.92 Å². The molecule has 4 saturated heterocycles. The van der Waals surface area contributed by atoms with Crippen LogP contribution in [0, 0.1) is 17.6 Å². The predicted molar refractivity (Wildman–Crippen MR) is 263 cm³/mol. The molecule has 5 amide bonds. The number of nitrogens with zero attached hydrogens (tertiary/aromatic N) is 6. The Balaban J connectivity index is 0.715. The summed E-state index contributed by atoms with van der Waals surface area (Å²) in [5.74, 6) is -4.71. The van der Waals surface area contributed by atoms with Crippen molar-refractivity contribution in [2.75, 3.05) is 72.0 Å². The quantitative estimate of drug-likeness (QED) is 0.155. The van der Waals surface area contributed by atoms with Gasteiger partial charge in [0, 0.05) is 83.2 Å². The van der Waals surface area contributed by atoms with Crippen LogP contribution in [0.4, 0.5) is 17.6 Å². The number of hydrogen-bond donors (Lipinski definition) is 2. The lowest BCUT2D eigenvalue weighted by atomic mass is 9.83. The lowest BCUT2D eigenvalue weighted by molar-refractivity contribution is -0.144. The van der Waals surface area contributed by atoms with Gasteiger partial charge in [-0.2, -0.15) is 13.9 Å². The molecule has 19 heteroatoms. The Bertz CT molecular complexity index is 2710. The minimum Gasteiger partial charge on any atom is -0.375 e. The number of amides is 5. The van der Waals surface area contributed by atoms with Crippen LogP contribution in [0.3, 0.4) is 0 Å². The number of fused-ring (bicyclic) bond motifs is 1. The Hall–Kier alpha value is -6.21. The molecule has 0 bridgehead atoms. The third kappa shape index (κ3) is 12.1. The first-order chi connectivity index (χ1) is 35.3. The molecule has 2 N–H and O–H groups in total. The molecule has 1 saturated carbocycles. The average molecular weight is 1010 g/mol. The minimum atomic E-state index is -3.15. The molecule has 0 spiro atoms. The summed E-state index contributed by atoms with van der Waals surface area (Å²) in [6.07, 6.45) is 5.12. The van der Waals surface area contributed by atoms with E-state index in [1.54, 1.807) is 45.0 Å². The normalized spacial score (nSPS) is 20.4. The van der Waals surface area contributed by atoms with Crippen molar-refractivity contribution in [3.8, 4) is 0 Å². The van der Waals surface area contributed by atoms with Gasteiger partial charge in [-0.1, -0.05) is 55.7 Å². The number of aromatic nitrogens is 2. The molecule has 15 nitrogen and oxygen atoms in total. The van der Waals surface area contributed by atoms with Gasteiger partial charge in [0.15, 0.2) is 0 Å². The molecule has 1 unspecified atom stereocenters.